The smallest absolute Gasteiger partial charge is 0.416 e. The minimum Gasteiger partial charge on any atom is -0.495 e. The molecule has 1 fully saturated rings. The second-order valence-electron chi connectivity index (χ2n) is 7.02. The molecule has 184 valence electrons. The van der Waals surface area contributed by atoms with Crippen LogP contribution in [0.4, 0.5) is 23.7 Å². The molecule has 0 bridgehead atoms. The Kier molecular flexibility index (Phi) is 8.28. The number of carbonyl (C=O) groups is 3. The molecule has 0 saturated carbocycles. The van der Waals surface area contributed by atoms with Crippen molar-refractivity contribution < 1.29 is 37.0 Å². The summed E-state index contributed by atoms with van der Waals surface area (Å²) in [4.78, 5) is 38.4. The molecule has 0 aromatic heterocycles. The first-order valence-electron chi connectivity index (χ1n) is 9.87. The molecule has 1 heterocycles. The summed E-state index contributed by atoms with van der Waals surface area (Å²) < 4.78 is 50.1. The Labute approximate surface area is 211 Å². The zero-order valence-corrected chi connectivity index (χ0v) is 20.6. The number of amides is 3. The number of rotatable bonds is 8. The number of methoxy groups -OCH3 is 1. The van der Waals surface area contributed by atoms with E-state index in [4.69, 9.17) is 9.47 Å². The highest BCUT2D eigenvalue weighted by Crippen LogP contribution is 2.36. The number of nitrogens with zero attached hydrogens (tertiary/aromatic N) is 1. The van der Waals surface area contributed by atoms with Gasteiger partial charge < -0.3 is 14.8 Å². The Morgan fingerprint density at radius 2 is 1.91 bits per heavy atom. The van der Waals surface area contributed by atoms with Crippen molar-refractivity contribution in [2.24, 2.45) is 0 Å². The molecular weight excluding hydrogens is 553 g/mol. The molecule has 2 aromatic rings. The van der Waals surface area contributed by atoms with Gasteiger partial charge in [0.15, 0.2) is 0 Å². The van der Waals surface area contributed by atoms with Crippen molar-refractivity contribution in [1.82, 2.24) is 4.90 Å². The number of halogens is 4. The van der Waals surface area contributed by atoms with Gasteiger partial charge in [-0.05, 0) is 69.7 Å². The van der Waals surface area contributed by atoms with Gasteiger partial charge >= 0.3 is 6.18 Å². The van der Waals surface area contributed by atoms with Crippen LogP contribution in [0, 0.1) is 0 Å². The molecule has 3 amide bonds. The lowest BCUT2D eigenvalue weighted by atomic mass is 10.1. The predicted molar refractivity (Wildman–Crippen MR) is 129 cm³/mol. The van der Waals surface area contributed by atoms with Crippen LogP contribution in [0.25, 0.3) is 6.08 Å². The van der Waals surface area contributed by atoms with Crippen LogP contribution < -0.4 is 14.8 Å². The van der Waals surface area contributed by atoms with Gasteiger partial charge in [0.05, 0.1) is 27.7 Å². The highest BCUT2D eigenvalue weighted by molar-refractivity contribution is 9.10. The van der Waals surface area contributed by atoms with E-state index in [-0.39, 0.29) is 16.3 Å². The number of ether oxygens (including phenoxy) is 2. The van der Waals surface area contributed by atoms with E-state index < -0.39 is 35.3 Å². The fraction of sp³-hybridized carbons (Fsp3) is 0.174. The van der Waals surface area contributed by atoms with Crippen LogP contribution in [0.3, 0.4) is 0 Å². The van der Waals surface area contributed by atoms with Gasteiger partial charge in [-0.1, -0.05) is 18.7 Å². The third kappa shape index (κ3) is 6.45. The molecular formula is C23H18BrF3N2O5S. The summed E-state index contributed by atoms with van der Waals surface area (Å²) in [6.45, 7) is 3.20. The molecule has 0 aliphatic carbocycles. The van der Waals surface area contributed by atoms with Crippen molar-refractivity contribution in [1.29, 1.82) is 0 Å². The SMILES string of the molecule is C=CCOc1ccc(/C=C2\SC(=O)N(CC(=O)Nc3cc(C(F)(F)F)ccc3OC)C2=O)cc1Br. The molecule has 1 aliphatic heterocycles. The maximum Gasteiger partial charge on any atom is 0.416 e. The molecule has 0 spiro atoms. The highest BCUT2D eigenvalue weighted by Gasteiger charge is 2.37. The van der Waals surface area contributed by atoms with Crippen molar-refractivity contribution >= 4 is 56.5 Å². The zero-order valence-electron chi connectivity index (χ0n) is 18.1. The van der Waals surface area contributed by atoms with Crippen molar-refractivity contribution in [2.75, 3.05) is 25.6 Å². The van der Waals surface area contributed by atoms with E-state index in [9.17, 15) is 27.6 Å². The van der Waals surface area contributed by atoms with E-state index in [2.05, 4.69) is 27.8 Å². The van der Waals surface area contributed by atoms with Crippen LogP contribution in [-0.2, 0) is 15.8 Å². The molecule has 12 heteroatoms. The van der Waals surface area contributed by atoms with E-state index >= 15 is 0 Å². The first kappa shape index (κ1) is 26.4. The number of hydrogen-bond donors (Lipinski definition) is 1. The Hall–Kier alpha value is -3.25. The second kappa shape index (κ2) is 11.0. The number of nitrogens with one attached hydrogen (secondary N) is 1. The summed E-state index contributed by atoms with van der Waals surface area (Å²) in [7, 11) is 1.23. The standard InChI is InChI=1S/C23H18BrF3N2O5S/c1-3-8-34-17-6-4-13(9-15(17)24)10-19-21(31)29(22(32)35-19)12-20(30)28-16-11-14(23(25,26)27)5-7-18(16)33-2/h3-7,9-11H,1,8,12H2,2H3,(H,28,30)/b19-10-. The van der Waals surface area contributed by atoms with Gasteiger partial charge in [-0.3, -0.25) is 19.3 Å². The molecule has 2 aromatic carbocycles. The summed E-state index contributed by atoms with van der Waals surface area (Å²) in [6, 6.07) is 7.65. The van der Waals surface area contributed by atoms with Crippen molar-refractivity contribution in [3.8, 4) is 11.5 Å². The Morgan fingerprint density at radius 3 is 2.54 bits per heavy atom. The molecule has 7 nitrogen and oxygen atoms in total. The van der Waals surface area contributed by atoms with Crippen molar-refractivity contribution in [3.05, 3.63) is 69.6 Å². The number of alkyl halides is 3. The minimum absolute atomic E-state index is 0.00789. The van der Waals surface area contributed by atoms with E-state index in [1.807, 2.05) is 0 Å². The number of anilines is 1. The average Bonchev–Trinajstić information content (AvgIpc) is 3.05. The highest BCUT2D eigenvalue weighted by atomic mass is 79.9. The maximum atomic E-state index is 13.0. The van der Waals surface area contributed by atoms with Gasteiger partial charge in [-0.15, -0.1) is 0 Å². The van der Waals surface area contributed by atoms with E-state index in [0.29, 0.717) is 45.1 Å². The van der Waals surface area contributed by atoms with Crippen LogP contribution in [0.2, 0.25) is 0 Å². The summed E-state index contributed by atoms with van der Waals surface area (Å²) >= 11 is 4.02. The fourth-order valence-electron chi connectivity index (χ4n) is 2.98. The van der Waals surface area contributed by atoms with Crippen LogP contribution in [0.15, 0.2) is 58.4 Å². The molecule has 35 heavy (non-hydrogen) atoms. The van der Waals surface area contributed by atoms with E-state index in [1.54, 1.807) is 24.3 Å². The molecule has 0 unspecified atom stereocenters. The van der Waals surface area contributed by atoms with Crippen LogP contribution in [0.1, 0.15) is 11.1 Å². The lowest BCUT2D eigenvalue weighted by Crippen LogP contribution is -2.36. The lowest BCUT2D eigenvalue weighted by Gasteiger charge is -2.16. The second-order valence-corrected chi connectivity index (χ2v) is 8.87. The molecule has 0 atom stereocenters. The van der Waals surface area contributed by atoms with Gasteiger partial charge in [0.2, 0.25) is 5.91 Å². The molecule has 0 radical (unpaired) electrons. The van der Waals surface area contributed by atoms with Gasteiger partial charge in [0.25, 0.3) is 11.1 Å². The monoisotopic (exact) mass is 570 g/mol. The van der Waals surface area contributed by atoms with Gasteiger partial charge in [-0.25, -0.2) is 0 Å². The summed E-state index contributed by atoms with van der Waals surface area (Å²) in [5.74, 6) is -1.00. The molecule has 1 saturated heterocycles. The van der Waals surface area contributed by atoms with Gasteiger partial charge in [-0.2, -0.15) is 13.2 Å². The third-order valence-electron chi connectivity index (χ3n) is 4.59. The normalized spacial score (nSPS) is 14.9. The molecule has 1 aliphatic rings. The van der Waals surface area contributed by atoms with Crippen molar-refractivity contribution in [3.63, 3.8) is 0 Å². The Balaban J connectivity index is 1.73. The summed E-state index contributed by atoms with van der Waals surface area (Å²) in [5, 5.41) is 1.59. The topological polar surface area (TPSA) is 84.9 Å². The summed E-state index contributed by atoms with van der Waals surface area (Å²) in [5.41, 5.74) is -0.625. The van der Waals surface area contributed by atoms with E-state index in [1.165, 1.54) is 13.2 Å². The number of benzene rings is 2. The number of hydrogen-bond acceptors (Lipinski definition) is 6. The largest absolute Gasteiger partial charge is 0.495 e. The van der Waals surface area contributed by atoms with Crippen molar-refractivity contribution in [2.45, 2.75) is 6.18 Å². The molecule has 3 rings (SSSR count). The first-order valence-corrected chi connectivity index (χ1v) is 11.5. The van der Waals surface area contributed by atoms with Crippen LogP contribution in [-0.4, -0.2) is 42.2 Å². The summed E-state index contributed by atoms with van der Waals surface area (Å²) in [6.07, 6.45) is -1.55. The fourth-order valence-corrected chi connectivity index (χ4v) is 4.32. The lowest BCUT2D eigenvalue weighted by molar-refractivity contribution is -0.137. The average molecular weight is 571 g/mol. The van der Waals surface area contributed by atoms with Crippen LogP contribution in [0.5, 0.6) is 11.5 Å². The molecule has 1 N–H and O–H groups in total. The minimum atomic E-state index is -4.63. The number of imide groups is 1. The predicted octanol–water partition coefficient (Wildman–Crippen LogP) is 5.72. The van der Waals surface area contributed by atoms with E-state index in [0.717, 1.165) is 12.1 Å². The Bertz CT molecular complexity index is 1220. The maximum absolute atomic E-state index is 13.0. The Morgan fingerprint density at radius 1 is 1.20 bits per heavy atom. The van der Waals surface area contributed by atoms with Crippen LogP contribution >= 0.6 is 27.7 Å². The van der Waals surface area contributed by atoms with Gasteiger partial charge in [0, 0.05) is 0 Å². The first-order chi connectivity index (χ1) is 16.5. The zero-order chi connectivity index (χ0) is 25.8. The quantitative estimate of drug-likeness (QED) is 0.323. The number of thioether (sulfide) groups is 1. The number of carbonyl (C=O) groups excluding carboxylic acids is 3. The van der Waals surface area contributed by atoms with Gasteiger partial charge in [0.1, 0.15) is 24.7 Å². The third-order valence-corrected chi connectivity index (χ3v) is 6.11.